The van der Waals surface area contributed by atoms with Gasteiger partial charge in [-0.2, -0.15) is 5.10 Å². The van der Waals surface area contributed by atoms with Gasteiger partial charge < -0.3 is 4.98 Å². The van der Waals surface area contributed by atoms with Gasteiger partial charge in [0.15, 0.2) is 5.65 Å². The largest absolute Gasteiger partial charge is 0.353 e. The SMILES string of the molecule is FC1(F)CCN(Cc2cncc(-c3cnc4n[nH]c(-c5cc6c(-c7cccnc7)nccc6[nH]5)c4c3)c2)C1. The van der Waals surface area contributed by atoms with Crippen LogP contribution in [0.5, 0.6) is 0 Å². The summed E-state index contributed by atoms with van der Waals surface area (Å²) in [5, 5.41) is 9.37. The molecule has 10 heteroatoms. The summed E-state index contributed by atoms with van der Waals surface area (Å²) in [6.45, 7) is 0.600. The van der Waals surface area contributed by atoms with Crippen molar-refractivity contribution in [2.45, 2.75) is 18.9 Å². The number of rotatable bonds is 5. The molecule has 0 saturated carbocycles. The number of aromatic amines is 2. The predicted molar refractivity (Wildman–Crippen MR) is 140 cm³/mol. The Bertz CT molecular complexity index is 1780. The van der Waals surface area contributed by atoms with E-state index < -0.39 is 5.92 Å². The van der Waals surface area contributed by atoms with Gasteiger partial charge in [0.1, 0.15) is 0 Å². The first-order chi connectivity index (χ1) is 18.5. The van der Waals surface area contributed by atoms with E-state index in [-0.39, 0.29) is 13.0 Å². The molecule has 0 amide bonds. The molecule has 38 heavy (non-hydrogen) atoms. The summed E-state index contributed by atoms with van der Waals surface area (Å²) in [5.41, 5.74) is 7.63. The molecule has 0 radical (unpaired) electrons. The number of alkyl halides is 2. The van der Waals surface area contributed by atoms with Crippen LogP contribution in [0.4, 0.5) is 8.78 Å². The van der Waals surface area contributed by atoms with Gasteiger partial charge >= 0.3 is 0 Å². The molecule has 188 valence electrons. The van der Waals surface area contributed by atoms with Crippen molar-refractivity contribution in [2.75, 3.05) is 13.1 Å². The van der Waals surface area contributed by atoms with E-state index in [1.165, 1.54) is 0 Å². The minimum Gasteiger partial charge on any atom is -0.353 e. The number of pyridine rings is 4. The van der Waals surface area contributed by atoms with Crippen molar-refractivity contribution in [2.24, 2.45) is 0 Å². The van der Waals surface area contributed by atoms with Crippen LogP contribution in [0.2, 0.25) is 0 Å². The van der Waals surface area contributed by atoms with E-state index in [0.29, 0.717) is 18.7 Å². The molecule has 6 aromatic heterocycles. The fourth-order valence-electron chi connectivity index (χ4n) is 5.12. The number of nitrogens with zero attached hydrogens (tertiary/aromatic N) is 6. The lowest BCUT2D eigenvalue weighted by Crippen LogP contribution is -2.24. The lowest BCUT2D eigenvalue weighted by Gasteiger charge is -2.15. The van der Waals surface area contributed by atoms with Crippen molar-refractivity contribution in [3.05, 3.63) is 79.1 Å². The molecule has 7 rings (SSSR count). The highest BCUT2D eigenvalue weighted by Crippen LogP contribution is 2.34. The Kier molecular flexibility index (Phi) is 5.22. The Morgan fingerprint density at radius 1 is 0.895 bits per heavy atom. The van der Waals surface area contributed by atoms with Crippen LogP contribution in [0.1, 0.15) is 12.0 Å². The topological polar surface area (TPSA) is 99.3 Å². The maximum atomic E-state index is 13.6. The summed E-state index contributed by atoms with van der Waals surface area (Å²) in [6, 6.07) is 11.9. The van der Waals surface area contributed by atoms with Crippen molar-refractivity contribution in [1.82, 2.24) is 40.0 Å². The van der Waals surface area contributed by atoms with Crippen molar-refractivity contribution in [3.63, 3.8) is 0 Å². The van der Waals surface area contributed by atoms with E-state index in [9.17, 15) is 8.78 Å². The standard InChI is InChI=1S/C28H22F2N8/c29-28(30)4-7-38(16-28)15-17-8-19(13-32-11-17)20-9-22-26(36-37-27(22)34-14-20)24-10-21-23(35-24)3-6-33-25(21)18-2-1-5-31-12-18/h1-3,5-6,8-14,35H,4,7,15-16H2,(H,34,36,37). The number of likely N-dealkylation sites (tertiary alicyclic amines) is 1. The molecule has 1 aliphatic rings. The average molecular weight is 509 g/mol. The summed E-state index contributed by atoms with van der Waals surface area (Å²) >= 11 is 0. The van der Waals surface area contributed by atoms with Crippen LogP contribution in [-0.2, 0) is 6.54 Å². The summed E-state index contributed by atoms with van der Waals surface area (Å²) < 4.78 is 27.3. The van der Waals surface area contributed by atoms with Gasteiger partial charge in [-0.05, 0) is 42.0 Å². The van der Waals surface area contributed by atoms with Crippen molar-refractivity contribution in [3.8, 4) is 33.8 Å². The Morgan fingerprint density at radius 3 is 2.63 bits per heavy atom. The van der Waals surface area contributed by atoms with Gasteiger partial charge in [-0.15, -0.1) is 0 Å². The molecule has 0 spiro atoms. The molecule has 8 nitrogen and oxygen atoms in total. The third kappa shape index (κ3) is 4.08. The molecule has 1 fully saturated rings. The minimum absolute atomic E-state index is 0.0997. The monoisotopic (exact) mass is 508 g/mol. The third-order valence-corrected chi connectivity index (χ3v) is 6.95. The quantitative estimate of drug-likeness (QED) is 0.321. The molecule has 0 unspecified atom stereocenters. The summed E-state index contributed by atoms with van der Waals surface area (Å²) in [4.78, 5) is 23.0. The lowest BCUT2D eigenvalue weighted by molar-refractivity contribution is 0.0115. The van der Waals surface area contributed by atoms with Gasteiger partial charge in [-0.3, -0.25) is 25.0 Å². The number of fused-ring (bicyclic) bond motifs is 2. The zero-order chi connectivity index (χ0) is 25.7. The van der Waals surface area contributed by atoms with Gasteiger partial charge in [0.05, 0.1) is 23.6 Å². The first kappa shape index (κ1) is 22.6. The van der Waals surface area contributed by atoms with Gasteiger partial charge in [0.2, 0.25) is 0 Å². The Hall–Kier alpha value is -4.57. The first-order valence-electron chi connectivity index (χ1n) is 12.3. The molecule has 1 saturated heterocycles. The molecule has 0 bridgehead atoms. The predicted octanol–water partition coefficient (Wildman–Crippen LogP) is 5.47. The molecule has 7 heterocycles. The summed E-state index contributed by atoms with van der Waals surface area (Å²) in [7, 11) is 0. The number of H-pyrrole nitrogens is 2. The Balaban J connectivity index is 1.24. The molecule has 6 aromatic rings. The smallest absolute Gasteiger partial charge is 0.261 e. The first-order valence-corrected chi connectivity index (χ1v) is 12.3. The maximum Gasteiger partial charge on any atom is 0.261 e. The number of aromatic nitrogens is 7. The number of halogens is 2. The van der Waals surface area contributed by atoms with Crippen LogP contribution in [0.25, 0.3) is 55.7 Å². The van der Waals surface area contributed by atoms with Crippen LogP contribution < -0.4 is 0 Å². The Morgan fingerprint density at radius 2 is 1.79 bits per heavy atom. The van der Waals surface area contributed by atoms with Gasteiger partial charge in [0.25, 0.3) is 5.92 Å². The molecule has 0 aromatic carbocycles. The second-order valence-corrected chi connectivity index (χ2v) is 9.64. The second kappa shape index (κ2) is 8.77. The third-order valence-electron chi connectivity index (χ3n) is 6.95. The van der Waals surface area contributed by atoms with Crippen molar-refractivity contribution < 1.29 is 8.78 Å². The van der Waals surface area contributed by atoms with Crippen LogP contribution in [0.15, 0.2) is 73.6 Å². The Labute approximate surface area is 215 Å². The number of hydrogen-bond donors (Lipinski definition) is 2. The molecule has 0 atom stereocenters. The fraction of sp³-hybridized carbons (Fsp3) is 0.179. The number of nitrogens with one attached hydrogen (secondary N) is 2. The highest BCUT2D eigenvalue weighted by Gasteiger charge is 2.37. The summed E-state index contributed by atoms with van der Waals surface area (Å²) in [5.74, 6) is -2.62. The molecule has 2 N–H and O–H groups in total. The molecular formula is C28H22F2N8. The average Bonchev–Trinajstić information content (AvgIpc) is 3.64. The normalized spacial score (nSPS) is 15.5. The minimum atomic E-state index is -2.62. The van der Waals surface area contributed by atoms with Gasteiger partial charge in [-0.25, -0.2) is 13.8 Å². The van der Waals surface area contributed by atoms with E-state index >= 15 is 0 Å². The summed E-state index contributed by atoms with van der Waals surface area (Å²) in [6.07, 6.45) is 10.5. The van der Waals surface area contributed by atoms with Crippen LogP contribution >= 0.6 is 0 Å². The molecule has 1 aliphatic heterocycles. The van der Waals surface area contributed by atoms with Gasteiger partial charge in [-0.1, -0.05) is 0 Å². The van der Waals surface area contributed by atoms with E-state index in [1.54, 1.807) is 42.1 Å². The zero-order valence-electron chi connectivity index (χ0n) is 20.2. The van der Waals surface area contributed by atoms with Crippen LogP contribution in [0, 0.1) is 0 Å². The highest BCUT2D eigenvalue weighted by atomic mass is 19.3. The van der Waals surface area contributed by atoms with E-state index in [2.05, 4.69) is 41.2 Å². The lowest BCUT2D eigenvalue weighted by atomic mass is 10.1. The van der Waals surface area contributed by atoms with E-state index in [1.807, 2.05) is 30.3 Å². The van der Waals surface area contributed by atoms with Crippen molar-refractivity contribution >= 4 is 21.9 Å². The second-order valence-electron chi connectivity index (χ2n) is 9.64. The number of hydrogen-bond acceptors (Lipinski definition) is 6. The van der Waals surface area contributed by atoms with Gasteiger partial charge in [0, 0.05) is 89.7 Å². The van der Waals surface area contributed by atoms with E-state index in [0.717, 1.165) is 55.6 Å². The molecular weight excluding hydrogens is 486 g/mol. The van der Waals surface area contributed by atoms with Crippen LogP contribution in [0.3, 0.4) is 0 Å². The molecule has 0 aliphatic carbocycles. The van der Waals surface area contributed by atoms with Crippen molar-refractivity contribution in [1.29, 1.82) is 0 Å². The van der Waals surface area contributed by atoms with E-state index in [4.69, 9.17) is 0 Å². The zero-order valence-corrected chi connectivity index (χ0v) is 20.2. The maximum absolute atomic E-state index is 13.6. The highest BCUT2D eigenvalue weighted by molar-refractivity contribution is 5.99. The van der Waals surface area contributed by atoms with Crippen LogP contribution in [-0.4, -0.2) is 59.0 Å². The fourth-order valence-corrected chi connectivity index (χ4v) is 5.12.